The lowest BCUT2D eigenvalue weighted by atomic mass is 9.68. The Balaban J connectivity index is 1.98. The highest BCUT2D eigenvalue weighted by Crippen LogP contribution is 2.44. The second kappa shape index (κ2) is 8.50. The van der Waals surface area contributed by atoms with Crippen LogP contribution in [-0.2, 0) is 10.2 Å². The highest BCUT2D eigenvalue weighted by Gasteiger charge is 2.42. The molecule has 0 fully saturated rings. The molecule has 0 saturated heterocycles. The zero-order valence-corrected chi connectivity index (χ0v) is 18.7. The van der Waals surface area contributed by atoms with Gasteiger partial charge < -0.3 is 5.32 Å². The summed E-state index contributed by atoms with van der Waals surface area (Å²) in [4.78, 5) is 18.2. The first-order chi connectivity index (χ1) is 13.8. The van der Waals surface area contributed by atoms with Crippen LogP contribution >= 0.6 is 11.3 Å². The van der Waals surface area contributed by atoms with Crippen LogP contribution < -0.4 is 5.32 Å². The molecule has 1 heterocycles. The summed E-state index contributed by atoms with van der Waals surface area (Å²) in [6, 6.07) is 20.6. The summed E-state index contributed by atoms with van der Waals surface area (Å²) in [5.74, 6) is -0.0375. The molecule has 152 valence electrons. The summed E-state index contributed by atoms with van der Waals surface area (Å²) in [5.41, 5.74) is 2.64. The van der Waals surface area contributed by atoms with Gasteiger partial charge in [-0.15, -0.1) is 11.3 Å². The van der Waals surface area contributed by atoms with E-state index in [2.05, 4.69) is 69.2 Å². The maximum Gasteiger partial charge on any atom is 0.233 e. The van der Waals surface area contributed by atoms with Gasteiger partial charge in [0.05, 0.1) is 11.1 Å². The van der Waals surface area contributed by atoms with Crippen LogP contribution in [0.4, 0.5) is 5.13 Å². The molecule has 3 aromatic rings. The van der Waals surface area contributed by atoms with Crippen LogP contribution in [0.5, 0.6) is 0 Å². The number of amides is 1. The molecule has 1 atom stereocenters. The Labute approximate surface area is 178 Å². The second-order valence-corrected chi connectivity index (χ2v) is 9.63. The van der Waals surface area contributed by atoms with Crippen molar-refractivity contribution < 1.29 is 4.79 Å². The van der Waals surface area contributed by atoms with Gasteiger partial charge in [0, 0.05) is 16.7 Å². The minimum Gasteiger partial charge on any atom is -0.301 e. The van der Waals surface area contributed by atoms with Gasteiger partial charge >= 0.3 is 0 Å². The summed E-state index contributed by atoms with van der Waals surface area (Å²) >= 11 is 1.49. The smallest absolute Gasteiger partial charge is 0.233 e. The second-order valence-electron chi connectivity index (χ2n) is 8.77. The van der Waals surface area contributed by atoms with Crippen molar-refractivity contribution >= 4 is 22.4 Å². The number of carbonyl (C=O) groups excluding carboxylic acids is 1. The van der Waals surface area contributed by atoms with Crippen LogP contribution in [0.2, 0.25) is 0 Å². The topological polar surface area (TPSA) is 42.0 Å². The normalized spacial score (nSPS) is 13.9. The molecule has 2 aromatic carbocycles. The summed E-state index contributed by atoms with van der Waals surface area (Å²) in [5, 5.41) is 5.81. The molecule has 3 rings (SSSR count). The van der Waals surface area contributed by atoms with Crippen molar-refractivity contribution in [3.05, 3.63) is 82.9 Å². The van der Waals surface area contributed by atoms with Gasteiger partial charge in [-0.05, 0) is 24.5 Å². The molecule has 1 aromatic heterocycles. The maximum atomic E-state index is 13.6. The molecule has 1 N–H and O–H groups in total. The van der Waals surface area contributed by atoms with E-state index in [0.717, 1.165) is 16.8 Å². The van der Waals surface area contributed by atoms with E-state index in [4.69, 9.17) is 0 Å². The Morgan fingerprint density at radius 1 is 0.966 bits per heavy atom. The standard InChI is InChI=1S/C25H30N2OS/c1-6-25(5,22(28)27-23-26-20(17-29-23)24(2,3)4)21(18-13-9-7-10-14-18)19-15-11-8-12-16-19/h7-17,21H,6H2,1-5H3,(H,26,27,28). The van der Waals surface area contributed by atoms with Crippen molar-refractivity contribution in [2.24, 2.45) is 5.41 Å². The monoisotopic (exact) mass is 406 g/mol. The molecular formula is C25H30N2OS. The number of hydrogen-bond acceptors (Lipinski definition) is 3. The third kappa shape index (κ3) is 4.59. The van der Waals surface area contributed by atoms with E-state index in [9.17, 15) is 4.79 Å². The first kappa shape index (κ1) is 21.3. The summed E-state index contributed by atoms with van der Waals surface area (Å²) < 4.78 is 0. The van der Waals surface area contributed by atoms with E-state index in [1.165, 1.54) is 11.3 Å². The Bertz CT molecular complexity index is 904. The number of rotatable bonds is 6. The lowest BCUT2D eigenvalue weighted by molar-refractivity contribution is -0.125. The molecule has 0 aliphatic carbocycles. The lowest BCUT2D eigenvalue weighted by Crippen LogP contribution is -2.39. The van der Waals surface area contributed by atoms with Crippen LogP contribution in [0.15, 0.2) is 66.0 Å². The number of nitrogens with zero attached hydrogens (tertiary/aromatic N) is 1. The number of thiazole rings is 1. The Morgan fingerprint density at radius 2 is 1.48 bits per heavy atom. The zero-order chi connectivity index (χ0) is 21.1. The van der Waals surface area contributed by atoms with Crippen LogP contribution in [0.1, 0.15) is 63.8 Å². The summed E-state index contributed by atoms with van der Waals surface area (Å²) in [6.45, 7) is 10.5. The largest absolute Gasteiger partial charge is 0.301 e. The Hall–Kier alpha value is -2.46. The fourth-order valence-corrected chi connectivity index (χ4v) is 4.56. The van der Waals surface area contributed by atoms with Crippen LogP contribution in [0.25, 0.3) is 0 Å². The minimum atomic E-state index is -0.615. The average molecular weight is 407 g/mol. The third-order valence-corrected chi connectivity index (χ3v) is 6.41. The van der Waals surface area contributed by atoms with Crippen LogP contribution in [-0.4, -0.2) is 10.9 Å². The van der Waals surface area contributed by atoms with Crippen LogP contribution in [0, 0.1) is 5.41 Å². The summed E-state index contributed by atoms with van der Waals surface area (Å²) in [7, 11) is 0. The molecule has 0 aliphatic rings. The molecule has 0 bridgehead atoms. The first-order valence-corrected chi connectivity index (χ1v) is 11.0. The zero-order valence-electron chi connectivity index (χ0n) is 17.9. The molecule has 0 radical (unpaired) electrons. The molecule has 4 heteroatoms. The molecule has 0 aliphatic heterocycles. The third-order valence-electron chi connectivity index (χ3n) is 5.65. The number of carbonyl (C=O) groups is 1. The molecule has 3 nitrogen and oxygen atoms in total. The lowest BCUT2D eigenvalue weighted by Gasteiger charge is -2.36. The van der Waals surface area contributed by atoms with Crippen molar-refractivity contribution in [2.45, 2.75) is 52.4 Å². The fourth-order valence-electron chi connectivity index (χ4n) is 3.63. The predicted molar refractivity (Wildman–Crippen MR) is 123 cm³/mol. The van der Waals surface area contributed by atoms with Crippen molar-refractivity contribution in [2.75, 3.05) is 5.32 Å². The molecule has 1 unspecified atom stereocenters. The molecule has 0 saturated carbocycles. The van der Waals surface area contributed by atoms with Gasteiger partial charge in [-0.1, -0.05) is 88.4 Å². The SMILES string of the molecule is CCC(C)(C(=O)Nc1nc(C(C)(C)C)cs1)C(c1ccccc1)c1ccccc1. The molecule has 1 amide bonds. The van der Waals surface area contributed by atoms with E-state index in [-0.39, 0.29) is 17.2 Å². The maximum absolute atomic E-state index is 13.6. The Kier molecular flexibility index (Phi) is 6.23. The van der Waals surface area contributed by atoms with Gasteiger partial charge in [-0.25, -0.2) is 4.98 Å². The quantitative estimate of drug-likeness (QED) is 0.499. The number of benzene rings is 2. The fraction of sp³-hybridized carbons (Fsp3) is 0.360. The van der Waals surface area contributed by atoms with Gasteiger partial charge in [0.2, 0.25) is 5.91 Å². The highest BCUT2D eigenvalue weighted by molar-refractivity contribution is 7.14. The van der Waals surface area contributed by atoms with Gasteiger partial charge in [0.25, 0.3) is 0 Å². The van der Waals surface area contributed by atoms with Crippen molar-refractivity contribution in [3.8, 4) is 0 Å². The Morgan fingerprint density at radius 3 is 1.90 bits per heavy atom. The summed E-state index contributed by atoms with van der Waals surface area (Å²) in [6.07, 6.45) is 0.713. The van der Waals surface area contributed by atoms with Gasteiger partial charge in [-0.3, -0.25) is 4.79 Å². The van der Waals surface area contributed by atoms with Gasteiger partial charge in [0.1, 0.15) is 0 Å². The van der Waals surface area contributed by atoms with Crippen molar-refractivity contribution in [1.82, 2.24) is 4.98 Å². The van der Waals surface area contributed by atoms with Gasteiger partial charge in [-0.2, -0.15) is 0 Å². The van der Waals surface area contributed by atoms with E-state index >= 15 is 0 Å². The van der Waals surface area contributed by atoms with E-state index in [0.29, 0.717) is 11.6 Å². The van der Waals surface area contributed by atoms with Gasteiger partial charge in [0.15, 0.2) is 5.13 Å². The number of hydrogen-bond donors (Lipinski definition) is 1. The molecule has 0 spiro atoms. The molecule has 29 heavy (non-hydrogen) atoms. The number of nitrogens with one attached hydrogen (secondary N) is 1. The molecular weight excluding hydrogens is 376 g/mol. The minimum absolute atomic E-state index is 0.00696. The van der Waals surface area contributed by atoms with E-state index in [1.807, 2.05) is 41.8 Å². The number of aromatic nitrogens is 1. The van der Waals surface area contributed by atoms with Crippen LogP contribution in [0.3, 0.4) is 0 Å². The van der Waals surface area contributed by atoms with E-state index in [1.54, 1.807) is 0 Å². The highest BCUT2D eigenvalue weighted by atomic mass is 32.1. The number of anilines is 1. The predicted octanol–water partition coefficient (Wildman–Crippen LogP) is 6.63. The average Bonchev–Trinajstić information content (AvgIpc) is 3.18. The first-order valence-electron chi connectivity index (χ1n) is 10.1. The van der Waals surface area contributed by atoms with Crippen molar-refractivity contribution in [3.63, 3.8) is 0 Å². The van der Waals surface area contributed by atoms with Crippen molar-refractivity contribution in [1.29, 1.82) is 0 Å². The van der Waals surface area contributed by atoms with E-state index < -0.39 is 5.41 Å².